The molecule has 0 heterocycles. The second-order valence-electron chi connectivity index (χ2n) is 10.3. The molecule has 2 heteroatoms. The lowest BCUT2D eigenvalue weighted by molar-refractivity contribution is 1.30. The Morgan fingerprint density at radius 2 is 0.950 bits per heavy atom. The van der Waals surface area contributed by atoms with Crippen molar-refractivity contribution in [3.8, 4) is 0 Å². The number of hydrogen-bond acceptors (Lipinski definition) is 2. The molecule has 0 spiro atoms. The second kappa shape index (κ2) is 9.14. The summed E-state index contributed by atoms with van der Waals surface area (Å²) in [6.07, 6.45) is 0. The molecule has 8 aromatic carbocycles. The van der Waals surface area contributed by atoms with Gasteiger partial charge in [0.15, 0.2) is 0 Å². The fourth-order valence-electron chi connectivity index (χ4n) is 6.09. The van der Waals surface area contributed by atoms with E-state index in [1.54, 1.807) is 0 Å². The Morgan fingerprint density at radius 1 is 0.400 bits per heavy atom. The summed E-state index contributed by atoms with van der Waals surface area (Å²) >= 11 is 0. The van der Waals surface area contributed by atoms with Crippen LogP contribution in [-0.2, 0) is 0 Å². The van der Waals surface area contributed by atoms with Crippen LogP contribution in [0.3, 0.4) is 0 Å². The molecule has 0 aromatic heterocycles. The molecule has 0 aliphatic rings. The highest BCUT2D eigenvalue weighted by atomic mass is 15.1. The number of rotatable bonds is 5. The van der Waals surface area contributed by atoms with Crippen molar-refractivity contribution < 1.29 is 0 Å². The first-order valence-electron chi connectivity index (χ1n) is 13.7. The van der Waals surface area contributed by atoms with Crippen molar-refractivity contribution in [1.29, 1.82) is 0 Å². The van der Waals surface area contributed by atoms with E-state index in [2.05, 4.69) is 162 Å². The topological polar surface area (TPSA) is 15.3 Å². The largest absolute Gasteiger partial charge is 0.355 e. The molecule has 188 valence electrons. The Morgan fingerprint density at radius 3 is 1.68 bits per heavy atom. The van der Waals surface area contributed by atoms with Gasteiger partial charge in [-0.1, -0.05) is 103 Å². The molecule has 0 amide bonds. The molecular formula is C38H26N2. The van der Waals surface area contributed by atoms with Gasteiger partial charge in [-0.2, -0.15) is 0 Å². The van der Waals surface area contributed by atoms with Crippen molar-refractivity contribution in [3.05, 3.63) is 152 Å². The Kier molecular flexibility index (Phi) is 5.17. The van der Waals surface area contributed by atoms with Crippen molar-refractivity contribution in [2.24, 2.45) is 0 Å². The zero-order chi connectivity index (χ0) is 26.5. The van der Waals surface area contributed by atoms with E-state index >= 15 is 0 Å². The summed E-state index contributed by atoms with van der Waals surface area (Å²) in [4.78, 5) is 2.36. The zero-order valence-corrected chi connectivity index (χ0v) is 21.9. The monoisotopic (exact) mass is 510 g/mol. The lowest BCUT2D eigenvalue weighted by Gasteiger charge is -2.27. The van der Waals surface area contributed by atoms with Gasteiger partial charge in [-0.3, -0.25) is 0 Å². The minimum absolute atomic E-state index is 1.09. The molecule has 0 saturated carbocycles. The van der Waals surface area contributed by atoms with E-state index in [1.807, 2.05) is 0 Å². The first-order valence-corrected chi connectivity index (χ1v) is 13.7. The van der Waals surface area contributed by atoms with Crippen molar-refractivity contribution in [2.75, 3.05) is 10.2 Å². The first kappa shape index (κ1) is 22.6. The van der Waals surface area contributed by atoms with Crippen LogP contribution < -0.4 is 10.2 Å². The number of anilines is 5. The van der Waals surface area contributed by atoms with Gasteiger partial charge in [0.2, 0.25) is 0 Å². The molecule has 0 radical (unpaired) electrons. The quantitative estimate of drug-likeness (QED) is 0.232. The van der Waals surface area contributed by atoms with Crippen molar-refractivity contribution >= 4 is 71.5 Å². The Balaban J connectivity index is 1.34. The highest BCUT2D eigenvalue weighted by Crippen LogP contribution is 2.45. The van der Waals surface area contributed by atoms with E-state index in [1.165, 1.54) is 48.8 Å². The molecule has 0 saturated heterocycles. The van der Waals surface area contributed by atoms with Crippen molar-refractivity contribution in [2.45, 2.75) is 0 Å². The van der Waals surface area contributed by atoms with Gasteiger partial charge < -0.3 is 10.2 Å². The fraction of sp³-hybridized carbons (Fsp3) is 0. The molecule has 0 aliphatic heterocycles. The molecule has 8 rings (SSSR count). The molecule has 0 aliphatic carbocycles. The molecule has 0 atom stereocenters. The molecule has 2 nitrogen and oxygen atoms in total. The summed E-state index contributed by atoms with van der Waals surface area (Å²) in [5.74, 6) is 0. The van der Waals surface area contributed by atoms with Crippen LogP contribution in [0.2, 0.25) is 0 Å². The third kappa shape index (κ3) is 3.65. The molecule has 0 fully saturated rings. The van der Waals surface area contributed by atoms with Gasteiger partial charge >= 0.3 is 0 Å². The minimum Gasteiger partial charge on any atom is -0.355 e. The van der Waals surface area contributed by atoms with E-state index < -0.39 is 0 Å². The van der Waals surface area contributed by atoms with Gasteiger partial charge in [-0.05, 0) is 80.8 Å². The molecule has 0 bridgehead atoms. The first-order chi connectivity index (χ1) is 19.8. The highest BCUT2D eigenvalue weighted by molar-refractivity contribution is 6.27. The molecule has 0 unspecified atom stereocenters. The molecule has 1 N–H and O–H groups in total. The standard InChI is InChI=1S/C38H26N2/c1-3-11-31(12-4-1)40(32-13-5-2-6-14-32)36-24-19-28-16-21-33-35(23-18-27-17-22-34(36)38(28)37(27)33)39-30-20-15-26-9-7-8-10-29(26)25-30/h1-25,39H. The van der Waals surface area contributed by atoms with E-state index in [4.69, 9.17) is 0 Å². The maximum atomic E-state index is 3.73. The molecule has 8 aromatic rings. The lowest BCUT2D eigenvalue weighted by Crippen LogP contribution is -2.10. The second-order valence-corrected chi connectivity index (χ2v) is 10.3. The SMILES string of the molecule is c1ccc(N(c2ccccc2)c2ccc3ccc4c(Nc5ccc6ccccc6c5)ccc5ccc2c3c54)cc1. The van der Waals surface area contributed by atoms with E-state index in [-0.39, 0.29) is 0 Å². The Hall–Kier alpha value is -5.34. The van der Waals surface area contributed by atoms with Crippen LogP contribution in [0.4, 0.5) is 28.4 Å². The summed E-state index contributed by atoms with van der Waals surface area (Å²) in [6, 6.07) is 54.4. The van der Waals surface area contributed by atoms with Crippen LogP contribution in [0.15, 0.2) is 152 Å². The molecular weight excluding hydrogens is 484 g/mol. The normalized spacial score (nSPS) is 11.5. The predicted molar refractivity (Wildman–Crippen MR) is 172 cm³/mol. The zero-order valence-electron chi connectivity index (χ0n) is 21.9. The molecule has 40 heavy (non-hydrogen) atoms. The Bertz CT molecular complexity index is 2090. The van der Waals surface area contributed by atoms with Crippen LogP contribution in [0, 0.1) is 0 Å². The smallest absolute Gasteiger partial charge is 0.0540 e. The number of fused-ring (bicyclic) bond motifs is 1. The van der Waals surface area contributed by atoms with Crippen molar-refractivity contribution in [3.63, 3.8) is 0 Å². The maximum Gasteiger partial charge on any atom is 0.0540 e. The number of nitrogens with one attached hydrogen (secondary N) is 1. The summed E-state index contributed by atoms with van der Waals surface area (Å²) in [7, 11) is 0. The predicted octanol–water partition coefficient (Wildman–Crippen LogP) is 11.0. The summed E-state index contributed by atoms with van der Waals surface area (Å²) < 4.78 is 0. The lowest BCUT2D eigenvalue weighted by atomic mass is 9.92. The summed E-state index contributed by atoms with van der Waals surface area (Å²) in [6.45, 7) is 0. The average Bonchev–Trinajstić information content (AvgIpc) is 3.02. The van der Waals surface area contributed by atoms with E-state index in [0.717, 1.165) is 22.7 Å². The maximum absolute atomic E-state index is 3.73. The van der Waals surface area contributed by atoms with Crippen LogP contribution in [0.25, 0.3) is 43.1 Å². The number of para-hydroxylation sites is 2. The van der Waals surface area contributed by atoms with Gasteiger partial charge in [-0.15, -0.1) is 0 Å². The number of benzene rings is 8. The summed E-state index contributed by atoms with van der Waals surface area (Å²) in [5, 5.41) is 13.8. The van der Waals surface area contributed by atoms with Crippen LogP contribution >= 0.6 is 0 Å². The highest BCUT2D eigenvalue weighted by Gasteiger charge is 2.18. The van der Waals surface area contributed by atoms with Crippen molar-refractivity contribution in [1.82, 2.24) is 0 Å². The third-order valence-electron chi connectivity index (χ3n) is 7.94. The fourth-order valence-corrected chi connectivity index (χ4v) is 6.09. The van der Waals surface area contributed by atoms with E-state index in [9.17, 15) is 0 Å². The van der Waals surface area contributed by atoms with Gasteiger partial charge in [-0.25, -0.2) is 0 Å². The van der Waals surface area contributed by atoms with Gasteiger partial charge in [0, 0.05) is 33.5 Å². The minimum atomic E-state index is 1.09. The van der Waals surface area contributed by atoms with Gasteiger partial charge in [0.1, 0.15) is 0 Å². The van der Waals surface area contributed by atoms with Crippen LogP contribution in [-0.4, -0.2) is 0 Å². The summed E-state index contributed by atoms with van der Waals surface area (Å²) in [5.41, 5.74) is 5.66. The number of nitrogens with zero attached hydrogens (tertiary/aromatic N) is 1. The van der Waals surface area contributed by atoms with Crippen LogP contribution in [0.5, 0.6) is 0 Å². The third-order valence-corrected chi connectivity index (χ3v) is 7.94. The number of hydrogen-bond donors (Lipinski definition) is 1. The van der Waals surface area contributed by atoms with Crippen LogP contribution in [0.1, 0.15) is 0 Å². The van der Waals surface area contributed by atoms with Gasteiger partial charge in [0.25, 0.3) is 0 Å². The van der Waals surface area contributed by atoms with Gasteiger partial charge in [0.05, 0.1) is 5.69 Å². The van der Waals surface area contributed by atoms with E-state index in [0.29, 0.717) is 0 Å². The average molecular weight is 511 g/mol. The Labute approximate surface area is 233 Å².